The second-order valence-corrected chi connectivity index (χ2v) is 5.18. The zero-order chi connectivity index (χ0) is 13.7. The van der Waals surface area contributed by atoms with Gasteiger partial charge in [-0.3, -0.25) is 9.88 Å². The highest BCUT2D eigenvalue weighted by Gasteiger charge is 2.25. The highest BCUT2D eigenvalue weighted by molar-refractivity contribution is 5.14. The van der Waals surface area contributed by atoms with Gasteiger partial charge in [-0.15, -0.1) is 0 Å². The van der Waals surface area contributed by atoms with Crippen molar-refractivity contribution >= 4 is 0 Å². The maximum Gasteiger partial charge on any atom is 0.0856 e. The van der Waals surface area contributed by atoms with Crippen LogP contribution in [-0.2, 0) is 17.6 Å². The maximum atomic E-state index is 6.28. The van der Waals surface area contributed by atoms with Gasteiger partial charge in [0.2, 0.25) is 0 Å². The first kappa shape index (κ1) is 14.4. The molecule has 19 heavy (non-hydrogen) atoms. The molecule has 106 valence electrons. The predicted octanol–water partition coefficient (Wildman–Crippen LogP) is 1.23. The Morgan fingerprint density at radius 2 is 2.32 bits per heavy atom. The van der Waals surface area contributed by atoms with Crippen molar-refractivity contribution in [1.29, 1.82) is 0 Å². The van der Waals surface area contributed by atoms with Gasteiger partial charge in [0.1, 0.15) is 0 Å². The Labute approximate surface area is 116 Å². The van der Waals surface area contributed by atoms with E-state index >= 15 is 0 Å². The molecular formula is C15H25N3O. The number of hydrogen-bond acceptors (Lipinski definition) is 4. The van der Waals surface area contributed by atoms with Gasteiger partial charge in [0.05, 0.1) is 12.7 Å². The minimum absolute atomic E-state index is 0.0225. The van der Waals surface area contributed by atoms with Gasteiger partial charge in [-0.05, 0) is 24.6 Å². The number of ether oxygens (including phenoxy) is 1. The zero-order valence-corrected chi connectivity index (χ0v) is 12.0. The monoisotopic (exact) mass is 263 g/mol. The molecule has 4 heteroatoms. The molecule has 0 amide bonds. The number of morpholine rings is 1. The summed E-state index contributed by atoms with van der Waals surface area (Å²) >= 11 is 0. The van der Waals surface area contributed by atoms with Crippen molar-refractivity contribution in [3.05, 3.63) is 29.6 Å². The summed E-state index contributed by atoms with van der Waals surface area (Å²) in [4.78, 5) is 6.86. The lowest BCUT2D eigenvalue weighted by molar-refractivity contribution is -0.0386. The van der Waals surface area contributed by atoms with Gasteiger partial charge in [-0.2, -0.15) is 0 Å². The van der Waals surface area contributed by atoms with Crippen molar-refractivity contribution in [3.8, 4) is 0 Å². The van der Waals surface area contributed by atoms with Crippen molar-refractivity contribution in [2.75, 3.05) is 26.2 Å². The van der Waals surface area contributed by atoms with Crippen molar-refractivity contribution in [3.63, 3.8) is 0 Å². The van der Waals surface area contributed by atoms with Crippen LogP contribution in [0.4, 0.5) is 0 Å². The smallest absolute Gasteiger partial charge is 0.0856 e. The Morgan fingerprint density at radius 1 is 1.47 bits per heavy atom. The molecule has 4 nitrogen and oxygen atoms in total. The maximum absolute atomic E-state index is 6.28. The van der Waals surface area contributed by atoms with E-state index in [0.29, 0.717) is 0 Å². The van der Waals surface area contributed by atoms with Gasteiger partial charge >= 0.3 is 0 Å². The Morgan fingerprint density at radius 3 is 2.95 bits per heavy atom. The molecule has 0 bridgehead atoms. The fourth-order valence-electron chi connectivity index (χ4n) is 2.44. The summed E-state index contributed by atoms with van der Waals surface area (Å²) in [6, 6.07) is 4.24. The first-order chi connectivity index (χ1) is 9.22. The fourth-order valence-corrected chi connectivity index (χ4v) is 2.44. The van der Waals surface area contributed by atoms with E-state index in [-0.39, 0.29) is 12.1 Å². The number of pyridine rings is 1. The van der Waals surface area contributed by atoms with Gasteiger partial charge in [0.25, 0.3) is 0 Å². The molecule has 2 unspecified atom stereocenters. The molecule has 0 saturated carbocycles. The molecule has 2 atom stereocenters. The molecule has 1 aromatic rings. The molecule has 1 aliphatic heterocycles. The average Bonchev–Trinajstić information content (AvgIpc) is 2.48. The third-order valence-electron chi connectivity index (χ3n) is 3.84. The standard InChI is InChI=1S/C15H25N3O/c1-3-12-5-6-13(17-10-12)9-14(16)15-11-18(4-2)7-8-19-15/h5-6,10,14-15H,3-4,7-9,11,16H2,1-2H3. The van der Waals surface area contributed by atoms with Crippen molar-refractivity contribution in [1.82, 2.24) is 9.88 Å². The molecule has 1 aliphatic rings. The first-order valence-corrected chi connectivity index (χ1v) is 7.26. The quantitative estimate of drug-likeness (QED) is 0.868. The Bertz CT molecular complexity index is 379. The van der Waals surface area contributed by atoms with Crippen LogP contribution in [-0.4, -0.2) is 48.3 Å². The third kappa shape index (κ3) is 4.00. The van der Waals surface area contributed by atoms with E-state index in [2.05, 4.69) is 35.9 Å². The van der Waals surface area contributed by atoms with Crippen LogP contribution in [0.2, 0.25) is 0 Å². The molecule has 0 aromatic carbocycles. The highest BCUT2D eigenvalue weighted by Crippen LogP contribution is 2.11. The van der Waals surface area contributed by atoms with Crippen LogP contribution < -0.4 is 5.73 Å². The van der Waals surface area contributed by atoms with Gasteiger partial charge in [-0.1, -0.05) is 19.9 Å². The van der Waals surface area contributed by atoms with Crippen LogP contribution >= 0.6 is 0 Å². The summed E-state index contributed by atoms with van der Waals surface area (Å²) < 4.78 is 5.79. The minimum Gasteiger partial charge on any atom is -0.374 e. The highest BCUT2D eigenvalue weighted by atomic mass is 16.5. The van der Waals surface area contributed by atoms with E-state index in [1.807, 2.05) is 6.20 Å². The van der Waals surface area contributed by atoms with Crippen molar-refractivity contribution < 1.29 is 4.74 Å². The summed E-state index contributed by atoms with van der Waals surface area (Å²) in [6.45, 7) is 8.12. The predicted molar refractivity (Wildman–Crippen MR) is 77.1 cm³/mol. The van der Waals surface area contributed by atoms with Crippen LogP contribution in [0.3, 0.4) is 0 Å². The average molecular weight is 263 g/mol. The third-order valence-corrected chi connectivity index (χ3v) is 3.84. The van der Waals surface area contributed by atoms with Gasteiger partial charge in [0.15, 0.2) is 0 Å². The van der Waals surface area contributed by atoms with E-state index in [4.69, 9.17) is 10.5 Å². The normalized spacial score (nSPS) is 22.4. The molecule has 1 aromatic heterocycles. The molecule has 1 saturated heterocycles. The number of aromatic nitrogens is 1. The van der Waals surface area contributed by atoms with Crippen LogP contribution in [0.1, 0.15) is 25.1 Å². The van der Waals surface area contributed by atoms with Crippen LogP contribution in [0.15, 0.2) is 18.3 Å². The molecule has 2 N–H and O–H groups in total. The number of hydrogen-bond donors (Lipinski definition) is 1. The fraction of sp³-hybridized carbons (Fsp3) is 0.667. The van der Waals surface area contributed by atoms with Crippen LogP contribution in [0, 0.1) is 0 Å². The summed E-state index contributed by atoms with van der Waals surface area (Å²) in [7, 11) is 0. The summed E-state index contributed by atoms with van der Waals surface area (Å²) in [6.07, 6.45) is 3.88. The lowest BCUT2D eigenvalue weighted by atomic mass is 10.0. The number of rotatable bonds is 5. The van der Waals surface area contributed by atoms with E-state index < -0.39 is 0 Å². The van der Waals surface area contributed by atoms with Crippen LogP contribution in [0.5, 0.6) is 0 Å². The number of nitrogens with two attached hydrogens (primary N) is 1. The number of likely N-dealkylation sites (N-methyl/N-ethyl adjacent to an activating group) is 1. The second-order valence-electron chi connectivity index (χ2n) is 5.18. The lowest BCUT2D eigenvalue weighted by Crippen LogP contribution is -2.51. The van der Waals surface area contributed by atoms with E-state index in [9.17, 15) is 0 Å². The Balaban J connectivity index is 1.90. The van der Waals surface area contributed by atoms with Crippen LogP contribution in [0.25, 0.3) is 0 Å². The van der Waals surface area contributed by atoms with E-state index in [1.54, 1.807) is 0 Å². The van der Waals surface area contributed by atoms with E-state index in [0.717, 1.165) is 44.8 Å². The largest absolute Gasteiger partial charge is 0.374 e. The van der Waals surface area contributed by atoms with Crippen molar-refractivity contribution in [2.24, 2.45) is 5.73 Å². The molecule has 2 heterocycles. The van der Waals surface area contributed by atoms with Crippen molar-refractivity contribution in [2.45, 2.75) is 38.8 Å². The molecule has 0 spiro atoms. The summed E-state index contributed by atoms with van der Waals surface area (Å²) in [5.74, 6) is 0. The summed E-state index contributed by atoms with van der Waals surface area (Å²) in [5.41, 5.74) is 8.60. The topological polar surface area (TPSA) is 51.4 Å². The Hall–Kier alpha value is -0.970. The SMILES string of the molecule is CCc1ccc(CC(N)C2CN(CC)CCO2)nc1. The molecule has 0 radical (unpaired) electrons. The Kier molecular flexibility index (Phi) is 5.31. The molecular weight excluding hydrogens is 238 g/mol. The molecule has 2 rings (SSSR count). The second kappa shape index (κ2) is 6.98. The lowest BCUT2D eigenvalue weighted by Gasteiger charge is -2.35. The first-order valence-electron chi connectivity index (χ1n) is 7.26. The molecule has 1 fully saturated rings. The minimum atomic E-state index is 0.0225. The van der Waals surface area contributed by atoms with E-state index in [1.165, 1.54) is 5.56 Å². The number of aryl methyl sites for hydroxylation is 1. The van der Waals surface area contributed by atoms with Gasteiger partial charge in [0, 0.05) is 37.4 Å². The van der Waals surface area contributed by atoms with Gasteiger partial charge in [-0.25, -0.2) is 0 Å². The molecule has 0 aliphatic carbocycles. The number of nitrogens with zero attached hydrogens (tertiary/aromatic N) is 2. The zero-order valence-electron chi connectivity index (χ0n) is 12.0. The van der Waals surface area contributed by atoms with Gasteiger partial charge < -0.3 is 10.5 Å². The summed E-state index contributed by atoms with van der Waals surface area (Å²) in [5, 5.41) is 0.